The first-order valence-corrected chi connectivity index (χ1v) is 10.2. The summed E-state index contributed by atoms with van der Waals surface area (Å²) in [5, 5.41) is 0.853. The van der Waals surface area contributed by atoms with Gasteiger partial charge in [-0.1, -0.05) is 42.5 Å². The molecule has 0 spiro atoms. The van der Waals surface area contributed by atoms with Crippen molar-refractivity contribution in [3.63, 3.8) is 0 Å². The number of rotatable bonds is 5. The van der Waals surface area contributed by atoms with Gasteiger partial charge >= 0.3 is 5.69 Å². The largest absolute Gasteiger partial charge is 0.464 e. The SMILES string of the molecule is Cc1ccc2c(CC(=O)N(C)c3c(N)n(Cc4ccccc4)c(=O)[nH]c3=O)coc2c1C. The van der Waals surface area contributed by atoms with Gasteiger partial charge in [-0.15, -0.1) is 0 Å². The van der Waals surface area contributed by atoms with Crippen molar-refractivity contribution in [3.05, 3.63) is 91.8 Å². The highest BCUT2D eigenvalue weighted by Gasteiger charge is 2.22. The molecule has 0 unspecified atom stereocenters. The number of hydrogen-bond acceptors (Lipinski definition) is 5. The van der Waals surface area contributed by atoms with E-state index in [0.29, 0.717) is 5.56 Å². The highest BCUT2D eigenvalue weighted by atomic mass is 16.3. The Morgan fingerprint density at radius 1 is 1.12 bits per heavy atom. The number of anilines is 2. The number of aryl methyl sites for hydroxylation is 2. The summed E-state index contributed by atoms with van der Waals surface area (Å²) in [6.45, 7) is 4.13. The average molecular weight is 432 g/mol. The molecule has 0 aliphatic rings. The Bertz CT molecular complexity index is 1430. The van der Waals surface area contributed by atoms with Gasteiger partial charge in [-0.25, -0.2) is 4.79 Å². The predicted octanol–water partition coefficient (Wildman–Crippen LogP) is 2.74. The van der Waals surface area contributed by atoms with Crippen molar-refractivity contribution in [2.24, 2.45) is 0 Å². The molecule has 8 heteroatoms. The number of carbonyl (C=O) groups excluding carboxylic acids is 1. The lowest BCUT2D eigenvalue weighted by atomic mass is 10.0. The van der Waals surface area contributed by atoms with E-state index in [-0.39, 0.29) is 30.4 Å². The van der Waals surface area contributed by atoms with Crippen LogP contribution in [-0.2, 0) is 17.8 Å². The second kappa shape index (κ2) is 8.22. The van der Waals surface area contributed by atoms with E-state index in [1.807, 2.05) is 56.3 Å². The van der Waals surface area contributed by atoms with Crippen LogP contribution in [0.15, 0.2) is 62.7 Å². The second-order valence-electron chi connectivity index (χ2n) is 7.84. The Hall–Kier alpha value is -4.07. The van der Waals surface area contributed by atoms with Crippen LogP contribution in [0.3, 0.4) is 0 Å². The minimum atomic E-state index is -0.712. The number of carbonyl (C=O) groups is 1. The summed E-state index contributed by atoms with van der Waals surface area (Å²) < 4.78 is 6.93. The molecule has 3 N–H and O–H groups in total. The van der Waals surface area contributed by atoms with E-state index in [4.69, 9.17) is 10.2 Å². The maximum atomic E-state index is 13.1. The van der Waals surface area contributed by atoms with Gasteiger partial charge in [0.2, 0.25) is 5.91 Å². The zero-order chi connectivity index (χ0) is 23.0. The third kappa shape index (κ3) is 3.71. The normalized spacial score (nSPS) is 11.1. The van der Waals surface area contributed by atoms with E-state index < -0.39 is 11.2 Å². The second-order valence-corrected chi connectivity index (χ2v) is 7.84. The summed E-state index contributed by atoms with van der Waals surface area (Å²) in [6.07, 6.45) is 1.58. The lowest BCUT2D eigenvalue weighted by Gasteiger charge is -2.20. The number of nitrogens with two attached hydrogens (primary N) is 1. The van der Waals surface area contributed by atoms with E-state index in [1.165, 1.54) is 16.5 Å². The van der Waals surface area contributed by atoms with Crippen LogP contribution in [0.2, 0.25) is 0 Å². The number of furan rings is 1. The number of likely N-dealkylation sites (N-methyl/N-ethyl adjacent to an activating group) is 1. The maximum Gasteiger partial charge on any atom is 0.330 e. The van der Waals surface area contributed by atoms with Crippen LogP contribution in [0.5, 0.6) is 0 Å². The average Bonchev–Trinajstić information content (AvgIpc) is 3.17. The molecule has 0 aliphatic heterocycles. The number of H-pyrrole nitrogens is 1. The zero-order valence-electron chi connectivity index (χ0n) is 18.1. The quantitative estimate of drug-likeness (QED) is 0.503. The highest BCUT2D eigenvalue weighted by Crippen LogP contribution is 2.27. The fourth-order valence-corrected chi connectivity index (χ4v) is 3.76. The van der Waals surface area contributed by atoms with Gasteiger partial charge in [-0.3, -0.25) is 19.1 Å². The predicted molar refractivity (Wildman–Crippen MR) is 124 cm³/mol. The van der Waals surface area contributed by atoms with Gasteiger partial charge in [0.25, 0.3) is 5.56 Å². The van der Waals surface area contributed by atoms with Crippen LogP contribution in [0.4, 0.5) is 11.5 Å². The van der Waals surface area contributed by atoms with Gasteiger partial charge < -0.3 is 15.1 Å². The third-order valence-electron chi connectivity index (χ3n) is 5.79. The minimum Gasteiger partial charge on any atom is -0.464 e. The number of hydrogen-bond donors (Lipinski definition) is 2. The lowest BCUT2D eigenvalue weighted by Crippen LogP contribution is -2.39. The molecule has 0 saturated carbocycles. The number of aromatic amines is 1. The number of amides is 1. The smallest absolute Gasteiger partial charge is 0.330 e. The summed E-state index contributed by atoms with van der Waals surface area (Å²) in [5.41, 5.74) is 9.20. The van der Waals surface area contributed by atoms with Crippen LogP contribution in [0.1, 0.15) is 22.3 Å². The summed E-state index contributed by atoms with van der Waals surface area (Å²) in [7, 11) is 1.47. The Labute approximate surface area is 183 Å². The Morgan fingerprint density at radius 2 is 1.84 bits per heavy atom. The van der Waals surface area contributed by atoms with E-state index in [1.54, 1.807) is 6.26 Å². The van der Waals surface area contributed by atoms with Crippen LogP contribution in [0.25, 0.3) is 11.0 Å². The fraction of sp³-hybridized carbons (Fsp3) is 0.208. The van der Waals surface area contributed by atoms with E-state index in [0.717, 1.165) is 27.7 Å². The minimum absolute atomic E-state index is 0.0166. The van der Waals surface area contributed by atoms with Crippen molar-refractivity contribution in [1.29, 1.82) is 0 Å². The molecule has 4 aromatic rings. The van der Waals surface area contributed by atoms with Crippen molar-refractivity contribution >= 4 is 28.4 Å². The first kappa shape index (κ1) is 21.2. The molecule has 32 heavy (non-hydrogen) atoms. The summed E-state index contributed by atoms with van der Waals surface area (Å²) in [6, 6.07) is 13.1. The van der Waals surface area contributed by atoms with Crippen molar-refractivity contribution in [3.8, 4) is 0 Å². The number of nitrogens with zero attached hydrogens (tertiary/aromatic N) is 2. The lowest BCUT2D eigenvalue weighted by molar-refractivity contribution is -0.117. The Balaban J connectivity index is 1.67. The van der Waals surface area contributed by atoms with Crippen LogP contribution < -0.4 is 21.9 Å². The first-order chi connectivity index (χ1) is 15.3. The molecule has 2 aromatic carbocycles. The van der Waals surface area contributed by atoms with Crippen LogP contribution in [-0.4, -0.2) is 22.5 Å². The molecular formula is C24H24N4O4. The summed E-state index contributed by atoms with van der Waals surface area (Å²) >= 11 is 0. The first-order valence-electron chi connectivity index (χ1n) is 10.2. The number of nitrogen functional groups attached to an aromatic ring is 1. The molecule has 0 radical (unpaired) electrons. The molecule has 164 valence electrons. The zero-order valence-corrected chi connectivity index (χ0v) is 18.1. The van der Waals surface area contributed by atoms with Gasteiger partial charge in [0.05, 0.1) is 19.2 Å². The van der Waals surface area contributed by atoms with Crippen LogP contribution >= 0.6 is 0 Å². The number of benzene rings is 2. The fourth-order valence-electron chi connectivity index (χ4n) is 3.76. The number of fused-ring (bicyclic) bond motifs is 1. The van der Waals surface area contributed by atoms with Crippen molar-refractivity contribution in [2.75, 3.05) is 17.7 Å². The molecule has 4 rings (SSSR count). The van der Waals surface area contributed by atoms with Gasteiger partial charge in [-0.05, 0) is 30.5 Å². The molecule has 0 atom stereocenters. The molecule has 2 aromatic heterocycles. The van der Waals surface area contributed by atoms with E-state index >= 15 is 0 Å². The molecular weight excluding hydrogens is 408 g/mol. The van der Waals surface area contributed by atoms with Crippen molar-refractivity contribution in [2.45, 2.75) is 26.8 Å². The molecule has 8 nitrogen and oxygen atoms in total. The Morgan fingerprint density at radius 3 is 2.56 bits per heavy atom. The standard InChI is InChI=1S/C24H24N4O4/c1-14-9-10-18-17(13-32-21(18)15(14)2)11-19(29)27(3)20-22(25)28(24(31)26-23(20)30)12-16-7-5-4-6-8-16/h4-10,13H,11-12,25H2,1-3H3,(H,26,30,31). The summed E-state index contributed by atoms with van der Waals surface area (Å²) in [4.78, 5) is 41.4. The maximum absolute atomic E-state index is 13.1. The highest BCUT2D eigenvalue weighted by molar-refractivity contribution is 5.98. The van der Waals surface area contributed by atoms with E-state index in [2.05, 4.69) is 4.98 Å². The monoisotopic (exact) mass is 432 g/mol. The topological polar surface area (TPSA) is 114 Å². The molecule has 0 saturated heterocycles. The van der Waals surface area contributed by atoms with Crippen LogP contribution in [0, 0.1) is 13.8 Å². The molecule has 0 aliphatic carbocycles. The van der Waals surface area contributed by atoms with Crippen molar-refractivity contribution in [1.82, 2.24) is 9.55 Å². The third-order valence-corrected chi connectivity index (χ3v) is 5.79. The van der Waals surface area contributed by atoms with Gasteiger partial charge in [-0.2, -0.15) is 0 Å². The van der Waals surface area contributed by atoms with Gasteiger partial charge in [0.1, 0.15) is 11.4 Å². The van der Waals surface area contributed by atoms with Gasteiger partial charge in [0, 0.05) is 18.0 Å². The number of nitrogens with one attached hydrogen (secondary N) is 1. The van der Waals surface area contributed by atoms with E-state index in [9.17, 15) is 14.4 Å². The molecule has 2 heterocycles. The number of aromatic nitrogens is 2. The molecule has 0 fully saturated rings. The Kier molecular flexibility index (Phi) is 5.44. The molecule has 1 amide bonds. The van der Waals surface area contributed by atoms with Gasteiger partial charge in [0.15, 0.2) is 5.69 Å². The molecule has 0 bridgehead atoms. The summed E-state index contributed by atoms with van der Waals surface area (Å²) in [5.74, 6) is -0.421. The van der Waals surface area contributed by atoms with Crippen molar-refractivity contribution < 1.29 is 9.21 Å².